The van der Waals surface area contributed by atoms with E-state index in [9.17, 15) is 4.79 Å². The third kappa shape index (κ3) is 2.08. The van der Waals surface area contributed by atoms with E-state index in [4.69, 9.17) is 0 Å². The highest BCUT2D eigenvalue weighted by Gasteiger charge is 2.34. The van der Waals surface area contributed by atoms with E-state index >= 15 is 0 Å². The van der Waals surface area contributed by atoms with Crippen LogP contribution in [0.4, 0.5) is 0 Å². The Labute approximate surface area is 85.8 Å². The first-order valence-corrected chi connectivity index (χ1v) is 5.69. The van der Waals surface area contributed by atoms with Crippen molar-refractivity contribution in [3.05, 3.63) is 0 Å². The van der Waals surface area contributed by atoms with Gasteiger partial charge in [-0.05, 0) is 39.0 Å². The molecule has 1 saturated heterocycles. The summed E-state index contributed by atoms with van der Waals surface area (Å²) in [4.78, 5) is 12.4. The van der Waals surface area contributed by atoms with E-state index in [1.54, 1.807) is 0 Å². The number of carbonyl (C=O) groups excluding carboxylic acids is 1. The Morgan fingerprint density at radius 3 is 2.43 bits per heavy atom. The summed E-state index contributed by atoms with van der Waals surface area (Å²) in [6.45, 7) is 4.18. The molecule has 2 aliphatic rings. The fourth-order valence-electron chi connectivity index (χ4n) is 2.49. The van der Waals surface area contributed by atoms with Crippen LogP contribution in [0.15, 0.2) is 0 Å². The van der Waals surface area contributed by atoms with Crippen LogP contribution in [-0.4, -0.2) is 36.0 Å². The van der Waals surface area contributed by atoms with Gasteiger partial charge in [-0.2, -0.15) is 0 Å². The summed E-state index contributed by atoms with van der Waals surface area (Å²) in [5, 5.41) is 3.73. The molecule has 0 aromatic rings. The molecule has 0 spiro atoms. The van der Waals surface area contributed by atoms with Crippen molar-refractivity contribution in [2.24, 2.45) is 0 Å². The van der Waals surface area contributed by atoms with Gasteiger partial charge in [0.05, 0.1) is 0 Å². The number of nitrogens with zero attached hydrogens (tertiary/aromatic N) is 1. The quantitative estimate of drug-likeness (QED) is 0.686. The lowest BCUT2D eigenvalue weighted by Crippen LogP contribution is -2.55. The second-order valence-electron chi connectivity index (χ2n) is 4.97. The van der Waals surface area contributed by atoms with E-state index in [1.165, 1.54) is 19.3 Å². The Kier molecular flexibility index (Phi) is 2.77. The number of piperidine rings is 1. The van der Waals surface area contributed by atoms with E-state index in [2.05, 4.69) is 12.2 Å². The van der Waals surface area contributed by atoms with Crippen molar-refractivity contribution in [1.82, 2.24) is 10.2 Å². The number of hydrogen-bond donors (Lipinski definition) is 1. The van der Waals surface area contributed by atoms with Gasteiger partial charge in [0.15, 0.2) is 0 Å². The van der Waals surface area contributed by atoms with Crippen molar-refractivity contribution in [3.63, 3.8) is 0 Å². The summed E-state index contributed by atoms with van der Waals surface area (Å²) in [5.74, 6) is 0. The smallest absolute Gasteiger partial charge is 0.209 e. The maximum Gasteiger partial charge on any atom is 0.209 e. The Bertz CT molecular complexity index is 205. The van der Waals surface area contributed by atoms with Crippen molar-refractivity contribution in [2.45, 2.75) is 50.6 Å². The molecule has 1 saturated carbocycles. The van der Waals surface area contributed by atoms with Crippen LogP contribution in [0, 0.1) is 0 Å². The minimum absolute atomic E-state index is 0.411. The number of carbonyl (C=O) groups is 1. The van der Waals surface area contributed by atoms with E-state index < -0.39 is 0 Å². The van der Waals surface area contributed by atoms with Gasteiger partial charge in [-0.3, -0.25) is 4.79 Å². The SMILES string of the molecule is CC1(NC2CCN(C=O)CC2)CCC1. The van der Waals surface area contributed by atoms with Gasteiger partial charge in [0.1, 0.15) is 0 Å². The number of rotatable bonds is 3. The number of amides is 1. The molecule has 1 heterocycles. The molecule has 1 N–H and O–H groups in total. The second-order valence-corrected chi connectivity index (χ2v) is 4.97. The normalized spacial score (nSPS) is 27.1. The van der Waals surface area contributed by atoms with Crippen LogP contribution >= 0.6 is 0 Å². The van der Waals surface area contributed by atoms with Gasteiger partial charge in [-0.25, -0.2) is 0 Å². The first-order chi connectivity index (χ1) is 6.72. The van der Waals surface area contributed by atoms with Crippen LogP contribution in [0.2, 0.25) is 0 Å². The Morgan fingerprint density at radius 2 is 2.00 bits per heavy atom. The predicted octanol–water partition coefficient (Wildman–Crippen LogP) is 1.14. The minimum atomic E-state index is 0.411. The largest absolute Gasteiger partial charge is 0.345 e. The van der Waals surface area contributed by atoms with Gasteiger partial charge in [0, 0.05) is 24.7 Å². The molecule has 1 aliphatic carbocycles. The highest BCUT2D eigenvalue weighted by atomic mass is 16.1. The molecule has 80 valence electrons. The van der Waals surface area contributed by atoms with Gasteiger partial charge in [-0.15, -0.1) is 0 Å². The zero-order valence-corrected chi connectivity index (χ0v) is 8.96. The van der Waals surface area contributed by atoms with E-state index in [0.717, 1.165) is 32.3 Å². The second kappa shape index (κ2) is 3.89. The molecule has 3 nitrogen and oxygen atoms in total. The van der Waals surface area contributed by atoms with Crippen LogP contribution in [0.5, 0.6) is 0 Å². The minimum Gasteiger partial charge on any atom is -0.345 e. The summed E-state index contributed by atoms with van der Waals surface area (Å²) >= 11 is 0. The number of nitrogens with one attached hydrogen (secondary N) is 1. The lowest BCUT2D eigenvalue weighted by Gasteiger charge is -2.44. The van der Waals surface area contributed by atoms with Crippen molar-refractivity contribution in [3.8, 4) is 0 Å². The molecule has 2 fully saturated rings. The van der Waals surface area contributed by atoms with Gasteiger partial charge in [-0.1, -0.05) is 0 Å². The third-order valence-electron chi connectivity index (χ3n) is 3.69. The first kappa shape index (κ1) is 9.97. The molecular weight excluding hydrogens is 176 g/mol. The zero-order valence-electron chi connectivity index (χ0n) is 8.96. The van der Waals surface area contributed by atoms with Crippen molar-refractivity contribution in [1.29, 1.82) is 0 Å². The Balaban J connectivity index is 1.75. The molecular formula is C11H20N2O. The molecule has 1 aliphatic heterocycles. The Morgan fingerprint density at radius 1 is 1.36 bits per heavy atom. The molecule has 0 bridgehead atoms. The number of hydrogen-bond acceptors (Lipinski definition) is 2. The van der Waals surface area contributed by atoms with Gasteiger partial charge in [0.25, 0.3) is 0 Å². The molecule has 2 rings (SSSR count). The average molecular weight is 196 g/mol. The summed E-state index contributed by atoms with van der Waals surface area (Å²) in [7, 11) is 0. The monoisotopic (exact) mass is 196 g/mol. The van der Waals surface area contributed by atoms with Crippen LogP contribution in [0.3, 0.4) is 0 Å². The van der Waals surface area contributed by atoms with Crippen molar-refractivity contribution < 1.29 is 4.79 Å². The summed E-state index contributed by atoms with van der Waals surface area (Å²) in [6, 6.07) is 0.636. The summed E-state index contributed by atoms with van der Waals surface area (Å²) in [5.41, 5.74) is 0.411. The fourth-order valence-corrected chi connectivity index (χ4v) is 2.49. The van der Waals surface area contributed by atoms with E-state index in [-0.39, 0.29) is 0 Å². The molecule has 14 heavy (non-hydrogen) atoms. The van der Waals surface area contributed by atoms with Gasteiger partial charge >= 0.3 is 0 Å². The standard InChI is InChI=1S/C11H20N2O/c1-11(5-2-6-11)12-10-3-7-13(9-14)8-4-10/h9-10,12H,2-8H2,1H3. The molecule has 0 radical (unpaired) electrons. The lowest BCUT2D eigenvalue weighted by atomic mass is 9.77. The summed E-state index contributed by atoms with van der Waals surface area (Å²) in [6.07, 6.45) is 7.22. The van der Waals surface area contributed by atoms with Gasteiger partial charge in [0.2, 0.25) is 6.41 Å². The predicted molar refractivity (Wildman–Crippen MR) is 56.1 cm³/mol. The van der Waals surface area contributed by atoms with E-state index in [1.807, 2.05) is 4.90 Å². The molecule has 1 amide bonds. The lowest BCUT2D eigenvalue weighted by molar-refractivity contribution is -0.119. The number of likely N-dealkylation sites (tertiary alicyclic amines) is 1. The topological polar surface area (TPSA) is 32.3 Å². The van der Waals surface area contributed by atoms with Crippen molar-refractivity contribution >= 4 is 6.41 Å². The van der Waals surface area contributed by atoms with Crippen LogP contribution < -0.4 is 5.32 Å². The first-order valence-electron chi connectivity index (χ1n) is 5.69. The molecule has 0 atom stereocenters. The van der Waals surface area contributed by atoms with Crippen LogP contribution in [0.1, 0.15) is 39.0 Å². The van der Waals surface area contributed by atoms with E-state index in [0.29, 0.717) is 11.6 Å². The molecule has 0 aromatic carbocycles. The maximum absolute atomic E-state index is 10.5. The molecule has 0 aromatic heterocycles. The van der Waals surface area contributed by atoms with Crippen molar-refractivity contribution in [2.75, 3.05) is 13.1 Å². The highest BCUT2D eigenvalue weighted by molar-refractivity contribution is 5.47. The molecule has 3 heteroatoms. The zero-order chi connectivity index (χ0) is 10.0. The highest BCUT2D eigenvalue weighted by Crippen LogP contribution is 2.32. The van der Waals surface area contributed by atoms with Crippen LogP contribution in [0.25, 0.3) is 0 Å². The Hall–Kier alpha value is -0.570. The fraction of sp³-hybridized carbons (Fsp3) is 0.909. The van der Waals surface area contributed by atoms with Gasteiger partial charge < -0.3 is 10.2 Å². The molecule has 0 unspecified atom stereocenters. The summed E-state index contributed by atoms with van der Waals surface area (Å²) < 4.78 is 0. The van der Waals surface area contributed by atoms with Crippen LogP contribution in [-0.2, 0) is 4.79 Å². The maximum atomic E-state index is 10.5. The third-order valence-corrected chi connectivity index (χ3v) is 3.69. The average Bonchev–Trinajstić information content (AvgIpc) is 2.17.